The Morgan fingerprint density at radius 2 is 1.94 bits per heavy atom. The van der Waals surface area contributed by atoms with Crippen LogP contribution in [0.25, 0.3) is 0 Å². The van der Waals surface area contributed by atoms with Gasteiger partial charge in [-0.2, -0.15) is 0 Å². The second kappa shape index (κ2) is 5.36. The van der Waals surface area contributed by atoms with Crippen molar-refractivity contribution in [3.63, 3.8) is 0 Å². The Morgan fingerprint density at radius 3 is 2.47 bits per heavy atom. The Hall–Kier alpha value is -1.29. The molecule has 0 aliphatic carbocycles. The van der Waals surface area contributed by atoms with Gasteiger partial charge in [-0.3, -0.25) is 9.69 Å². The van der Waals surface area contributed by atoms with Gasteiger partial charge in [-0.1, -0.05) is 12.8 Å². The Labute approximate surface area is 102 Å². The standard InChI is InChI=1S/C13H20N2O2/c1-10(15-8-4-2-3-5-9-15)11-6-7-12(17-11)13(14)16/h6-7,10H,2-5,8-9H2,1H3,(H2,14,16). The Bertz CT molecular complexity index is 379. The maximum absolute atomic E-state index is 11.0. The van der Waals surface area contributed by atoms with Crippen LogP contribution in [-0.2, 0) is 0 Å². The first-order valence-electron chi connectivity index (χ1n) is 6.32. The number of amides is 1. The maximum atomic E-state index is 11.0. The quantitative estimate of drug-likeness (QED) is 0.876. The Morgan fingerprint density at radius 1 is 1.29 bits per heavy atom. The number of hydrogen-bond donors (Lipinski definition) is 1. The van der Waals surface area contributed by atoms with Crippen LogP contribution in [0.3, 0.4) is 0 Å². The first-order chi connectivity index (χ1) is 8.18. The molecule has 1 fully saturated rings. The molecule has 0 saturated carbocycles. The zero-order chi connectivity index (χ0) is 12.3. The van der Waals surface area contributed by atoms with Gasteiger partial charge in [-0.25, -0.2) is 0 Å². The van der Waals surface area contributed by atoms with Crippen LogP contribution in [0.1, 0.15) is 55.0 Å². The van der Waals surface area contributed by atoms with E-state index in [2.05, 4.69) is 11.8 Å². The van der Waals surface area contributed by atoms with Gasteiger partial charge < -0.3 is 10.2 Å². The van der Waals surface area contributed by atoms with Gasteiger partial charge in [0.25, 0.3) is 5.91 Å². The molecule has 1 aliphatic heterocycles. The predicted molar refractivity (Wildman–Crippen MR) is 65.7 cm³/mol. The van der Waals surface area contributed by atoms with Crippen LogP contribution in [0.15, 0.2) is 16.5 Å². The highest BCUT2D eigenvalue weighted by Gasteiger charge is 2.20. The minimum Gasteiger partial charge on any atom is -0.454 e. The number of nitrogens with zero attached hydrogens (tertiary/aromatic N) is 1. The van der Waals surface area contributed by atoms with Crippen molar-refractivity contribution < 1.29 is 9.21 Å². The summed E-state index contributed by atoms with van der Waals surface area (Å²) < 4.78 is 5.48. The summed E-state index contributed by atoms with van der Waals surface area (Å²) in [5.74, 6) is 0.585. The number of primary amides is 1. The third kappa shape index (κ3) is 2.88. The molecule has 94 valence electrons. The highest BCUT2D eigenvalue weighted by atomic mass is 16.4. The molecule has 1 aliphatic rings. The van der Waals surface area contributed by atoms with Crippen molar-refractivity contribution in [1.29, 1.82) is 0 Å². The van der Waals surface area contributed by atoms with Crippen LogP contribution < -0.4 is 5.73 Å². The summed E-state index contributed by atoms with van der Waals surface area (Å²) in [6.07, 6.45) is 5.11. The average molecular weight is 236 g/mol. The van der Waals surface area contributed by atoms with Crippen molar-refractivity contribution in [2.24, 2.45) is 5.73 Å². The van der Waals surface area contributed by atoms with Crippen molar-refractivity contribution >= 4 is 5.91 Å². The number of nitrogens with two attached hydrogens (primary N) is 1. The number of rotatable bonds is 3. The number of hydrogen-bond acceptors (Lipinski definition) is 3. The molecule has 1 aromatic heterocycles. The SMILES string of the molecule is CC(c1ccc(C(N)=O)o1)N1CCCCCC1. The summed E-state index contributed by atoms with van der Waals surface area (Å²) in [5.41, 5.74) is 5.18. The number of likely N-dealkylation sites (tertiary alicyclic amines) is 1. The molecular weight excluding hydrogens is 216 g/mol. The molecule has 1 unspecified atom stereocenters. The van der Waals surface area contributed by atoms with Crippen molar-refractivity contribution in [3.8, 4) is 0 Å². The van der Waals surface area contributed by atoms with Crippen LogP contribution in [0, 0.1) is 0 Å². The molecule has 4 heteroatoms. The van der Waals surface area contributed by atoms with E-state index in [1.807, 2.05) is 6.07 Å². The van der Waals surface area contributed by atoms with E-state index in [-0.39, 0.29) is 11.8 Å². The molecular formula is C13H20N2O2. The lowest BCUT2D eigenvalue weighted by molar-refractivity contribution is 0.0967. The fourth-order valence-electron chi connectivity index (χ4n) is 2.37. The number of carbonyl (C=O) groups is 1. The van der Waals surface area contributed by atoms with E-state index < -0.39 is 5.91 Å². The fraction of sp³-hybridized carbons (Fsp3) is 0.615. The van der Waals surface area contributed by atoms with Crippen molar-refractivity contribution in [2.45, 2.75) is 38.6 Å². The lowest BCUT2D eigenvalue weighted by Gasteiger charge is -2.25. The van der Waals surface area contributed by atoms with Crippen molar-refractivity contribution in [3.05, 3.63) is 23.7 Å². The molecule has 1 saturated heterocycles. The largest absolute Gasteiger partial charge is 0.454 e. The predicted octanol–water partition coefficient (Wildman–Crippen LogP) is 2.32. The molecule has 0 bridgehead atoms. The summed E-state index contributed by atoms with van der Waals surface area (Å²) in [7, 11) is 0. The van der Waals surface area contributed by atoms with E-state index in [9.17, 15) is 4.79 Å². The number of carbonyl (C=O) groups excluding carboxylic acids is 1. The Kier molecular flexibility index (Phi) is 3.84. The van der Waals surface area contributed by atoms with Crippen LogP contribution in [0.5, 0.6) is 0 Å². The first kappa shape index (κ1) is 12.2. The van der Waals surface area contributed by atoms with Gasteiger partial charge >= 0.3 is 0 Å². The summed E-state index contributed by atoms with van der Waals surface area (Å²) in [6, 6.07) is 3.74. The van der Waals surface area contributed by atoms with Gasteiger partial charge in [-0.15, -0.1) is 0 Å². The fourth-order valence-corrected chi connectivity index (χ4v) is 2.37. The smallest absolute Gasteiger partial charge is 0.284 e. The van der Waals surface area contributed by atoms with E-state index in [4.69, 9.17) is 10.2 Å². The van der Waals surface area contributed by atoms with E-state index in [0.717, 1.165) is 18.8 Å². The summed E-state index contributed by atoms with van der Waals surface area (Å²) in [5, 5.41) is 0. The van der Waals surface area contributed by atoms with E-state index in [1.54, 1.807) is 6.07 Å². The van der Waals surface area contributed by atoms with Crippen molar-refractivity contribution in [1.82, 2.24) is 4.90 Å². The van der Waals surface area contributed by atoms with Crippen LogP contribution in [0.2, 0.25) is 0 Å². The highest BCUT2D eigenvalue weighted by molar-refractivity contribution is 5.89. The normalized spacial score (nSPS) is 19.8. The van der Waals surface area contributed by atoms with Gasteiger partial charge in [0, 0.05) is 0 Å². The zero-order valence-electron chi connectivity index (χ0n) is 10.3. The molecule has 1 atom stereocenters. The van der Waals surface area contributed by atoms with Gasteiger partial charge in [0.05, 0.1) is 6.04 Å². The van der Waals surface area contributed by atoms with Gasteiger partial charge in [0.2, 0.25) is 0 Å². The molecule has 1 aromatic rings. The van der Waals surface area contributed by atoms with Crippen LogP contribution >= 0.6 is 0 Å². The highest BCUT2D eigenvalue weighted by Crippen LogP contribution is 2.25. The average Bonchev–Trinajstić information content (AvgIpc) is 2.65. The third-order valence-electron chi connectivity index (χ3n) is 3.47. The minimum atomic E-state index is -0.501. The van der Waals surface area contributed by atoms with Gasteiger partial charge in [0.1, 0.15) is 5.76 Å². The molecule has 2 rings (SSSR count). The molecule has 0 spiro atoms. The van der Waals surface area contributed by atoms with Crippen molar-refractivity contribution in [2.75, 3.05) is 13.1 Å². The minimum absolute atomic E-state index is 0.223. The summed E-state index contributed by atoms with van der Waals surface area (Å²) in [4.78, 5) is 13.4. The lowest BCUT2D eigenvalue weighted by atomic mass is 10.2. The molecule has 4 nitrogen and oxygen atoms in total. The Balaban J connectivity index is 2.06. The molecule has 0 aromatic carbocycles. The maximum Gasteiger partial charge on any atom is 0.284 e. The molecule has 17 heavy (non-hydrogen) atoms. The first-order valence-corrected chi connectivity index (χ1v) is 6.32. The molecule has 0 radical (unpaired) electrons. The lowest BCUT2D eigenvalue weighted by Crippen LogP contribution is -2.27. The molecule has 1 amide bonds. The van der Waals surface area contributed by atoms with Gasteiger partial charge in [-0.05, 0) is 45.0 Å². The summed E-state index contributed by atoms with van der Waals surface area (Å²) in [6.45, 7) is 4.33. The van der Waals surface area contributed by atoms with E-state index >= 15 is 0 Å². The molecule has 2 heterocycles. The summed E-state index contributed by atoms with van der Waals surface area (Å²) >= 11 is 0. The second-order valence-corrected chi connectivity index (χ2v) is 4.69. The van der Waals surface area contributed by atoms with Gasteiger partial charge in [0.15, 0.2) is 5.76 Å². The third-order valence-corrected chi connectivity index (χ3v) is 3.47. The second-order valence-electron chi connectivity index (χ2n) is 4.69. The van der Waals surface area contributed by atoms with Crippen LogP contribution in [0.4, 0.5) is 0 Å². The van der Waals surface area contributed by atoms with E-state index in [1.165, 1.54) is 25.7 Å². The topological polar surface area (TPSA) is 59.5 Å². The van der Waals surface area contributed by atoms with E-state index in [0.29, 0.717) is 0 Å². The monoisotopic (exact) mass is 236 g/mol. The number of furan rings is 1. The zero-order valence-corrected chi connectivity index (χ0v) is 10.3. The molecule has 2 N–H and O–H groups in total. The van der Waals surface area contributed by atoms with Crippen LogP contribution in [-0.4, -0.2) is 23.9 Å².